The second-order valence-corrected chi connectivity index (χ2v) is 9.69. The molecule has 4 rings (SSSR count). The molecular weight excluding hydrogens is 382 g/mol. The summed E-state index contributed by atoms with van der Waals surface area (Å²) in [5.74, 6) is 0.707. The van der Waals surface area contributed by atoms with E-state index in [1.54, 1.807) is 23.0 Å². The highest BCUT2D eigenvalue weighted by Crippen LogP contribution is 2.37. The first-order valence-corrected chi connectivity index (χ1v) is 10.6. The monoisotopic (exact) mass is 413 g/mol. The molecule has 2 amide bonds. The average Bonchev–Trinajstić information content (AvgIpc) is 3.39. The van der Waals surface area contributed by atoms with Crippen molar-refractivity contribution >= 4 is 11.8 Å². The zero-order chi connectivity index (χ0) is 21.6. The molecule has 0 spiro atoms. The lowest BCUT2D eigenvalue weighted by Crippen LogP contribution is -2.49. The van der Waals surface area contributed by atoms with Gasteiger partial charge in [0.25, 0.3) is 11.8 Å². The largest absolute Gasteiger partial charge is 0.391 e. The van der Waals surface area contributed by atoms with Gasteiger partial charge in [-0.25, -0.2) is 4.98 Å². The standard InChI is InChI=1S/C22H31N5O3/c1-22(2,3)27-7-5-14(13-27)20(29)24-17-9-15-11-26(12-16(15)10-18(17)28)21(30)19-23-6-8-25(19)4/h5-8,13,15-18,28H,9-12H2,1-4H3,(H,24,29)/t15-,16+,17-,18-/m0/s1. The number of nitrogens with one attached hydrogen (secondary N) is 1. The number of likely N-dealkylation sites (tertiary alicyclic amines) is 1. The van der Waals surface area contributed by atoms with Crippen LogP contribution in [-0.4, -0.2) is 61.2 Å². The molecule has 2 aliphatic rings. The molecule has 162 valence electrons. The molecule has 0 radical (unpaired) electrons. The summed E-state index contributed by atoms with van der Waals surface area (Å²) in [6.07, 6.45) is 7.78. The minimum absolute atomic E-state index is 0.0736. The van der Waals surface area contributed by atoms with E-state index in [2.05, 4.69) is 31.1 Å². The van der Waals surface area contributed by atoms with Gasteiger partial charge in [-0.2, -0.15) is 0 Å². The van der Waals surface area contributed by atoms with Gasteiger partial charge in [-0.05, 0) is 51.5 Å². The maximum atomic E-state index is 12.8. The number of aliphatic hydroxyl groups is 1. The molecule has 0 unspecified atom stereocenters. The van der Waals surface area contributed by atoms with E-state index in [0.717, 1.165) is 0 Å². The van der Waals surface area contributed by atoms with Crippen LogP contribution in [0.3, 0.4) is 0 Å². The van der Waals surface area contributed by atoms with E-state index in [9.17, 15) is 14.7 Å². The van der Waals surface area contributed by atoms with Crippen molar-refractivity contribution in [3.63, 3.8) is 0 Å². The van der Waals surface area contributed by atoms with E-state index in [1.165, 1.54) is 0 Å². The van der Waals surface area contributed by atoms with Gasteiger partial charge in [-0.3, -0.25) is 9.59 Å². The Morgan fingerprint density at radius 1 is 1.17 bits per heavy atom. The van der Waals surface area contributed by atoms with Gasteiger partial charge in [0.15, 0.2) is 5.82 Å². The summed E-state index contributed by atoms with van der Waals surface area (Å²) in [4.78, 5) is 31.5. The van der Waals surface area contributed by atoms with Crippen LogP contribution in [-0.2, 0) is 12.6 Å². The topological polar surface area (TPSA) is 92.4 Å². The zero-order valence-electron chi connectivity index (χ0n) is 18.1. The lowest BCUT2D eigenvalue weighted by atomic mass is 9.77. The van der Waals surface area contributed by atoms with E-state index in [4.69, 9.17) is 0 Å². The van der Waals surface area contributed by atoms with Crippen LogP contribution in [0.4, 0.5) is 0 Å². The number of aryl methyl sites for hydroxylation is 1. The smallest absolute Gasteiger partial charge is 0.289 e. The van der Waals surface area contributed by atoms with Crippen molar-refractivity contribution in [3.05, 3.63) is 42.2 Å². The molecule has 0 aromatic carbocycles. The number of nitrogens with zero attached hydrogens (tertiary/aromatic N) is 4. The van der Waals surface area contributed by atoms with Gasteiger partial charge in [-0.1, -0.05) is 0 Å². The number of hydrogen-bond acceptors (Lipinski definition) is 4. The van der Waals surface area contributed by atoms with Crippen molar-refractivity contribution in [2.75, 3.05) is 13.1 Å². The molecule has 1 aliphatic carbocycles. The molecule has 2 aromatic rings. The Balaban J connectivity index is 1.40. The molecule has 4 atom stereocenters. The van der Waals surface area contributed by atoms with E-state index in [1.807, 2.05) is 28.9 Å². The predicted molar refractivity (Wildman–Crippen MR) is 112 cm³/mol. The number of carbonyl (C=O) groups excluding carboxylic acids is 2. The lowest BCUT2D eigenvalue weighted by Gasteiger charge is -2.35. The van der Waals surface area contributed by atoms with Gasteiger partial charge in [0, 0.05) is 50.5 Å². The van der Waals surface area contributed by atoms with Gasteiger partial charge in [0.2, 0.25) is 0 Å². The van der Waals surface area contributed by atoms with Crippen molar-refractivity contribution in [2.45, 2.75) is 51.3 Å². The number of imidazole rings is 1. The van der Waals surface area contributed by atoms with Gasteiger partial charge in [0.1, 0.15) is 0 Å². The number of aromatic nitrogens is 3. The highest BCUT2D eigenvalue weighted by atomic mass is 16.3. The number of aliphatic hydroxyl groups excluding tert-OH is 1. The maximum Gasteiger partial charge on any atom is 0.289 e. The number of fused-ring (bicyclic) bond motifs is 1. The Kier molecular flexibility index (Phi) is 5.22. The van der Waals surface area contributed by atoms with Crippen LogP contribution in [0, 0.1) is 11.8 Å². The average molecular weight is 414 g/mol. The Bertz CT molecular complexity index is 941. The van der Waals surface area contributed by atoms with Crippen LogP contribution >= 0.6 is 0 Å². The summed E-state index contributed by atoms with van der Waals surface area (Å²) in [7, 11) is 1.81. The second kappa shape index (κ2) is 7.58. The summed E-state index contributed by atoms with van der Waals surface area (Å²) >= 11 is 0. The molecule has 8 heteroatoms. The summed E-state index contributed by atoms with van der Waals surface area (Å²) in [6.45, 7) is 7.51. The molecule has 2 N–H and O–H groups in total. The van der Waals surface area contributed by atoms with Crippen molar-refractivity contribution in [1.29, 1.82) is 0 Å². The molecule has 1 aliphatic heterocycles. The number of hydrogen-bond donors (Lipinski definition) is 2. The highest BCUT2D eigenvalue weighted by Gasteiger charge is 2.44. The molecule has 3 heterocycles. The van der Waals surface area contributed by atoms with Crippen LogP contribution in [0.15, 0.2) is 30.9 Å². The third-order valence-electron chi connectivity index (χ3n) is 6.49. The van der Waals surface area contributed by atoms with Crippen molar-refractivity contribution in [2.24, 2.45) is 18.9 Å². The van der Waals surface area contributed by atoms with E-state index in [-0.39, 0.29) is 35.2 Å². The molecule has 0 bridgehead atoms. The molecule has 8 nitrogen and oxygen atoms in total. The van der Waals surface area contributed by atoms with Gasteiger partial charge in [-0.15, -0.1) is 0 Å². The van der Waals surface area contributed by atoms with Crippen molar-refractivity contribution in [3.8, 4) is 0 Å². The Morgan fingerprint density at radius 2 is 1.87 bits per heavy atom. The molecule has 30 heavy (non-hydrogen) atoms. The van der Waals surface area contributed by atoms with E-state index in [0.29, 0.717) is 37.3 Å². The SMILES string of the molecule is Cn1ccnc1C(=O)N1C[C@H]2C[C@H](O)[C@@H](NC(=O)c3ccn(C(C)(C)C)c3)C[C@H]2C1. The first-order valence-electron chi connectivity index (χ1n) is 10.6. The number of carbonyl (C=O) groups is 2. The summed E-state index contributed by atoms with van der Waals surface area (Å²) in [6, 6.07) is 1.50. The van der Waals surface area contributed by atoms with Crippen molar-refractivity contribution < 1.29 is 14.7 Å². The van der Waals surface area contributed by atoms with Crippen LogP contribution in [0.1, 0.15) is 54.6 Å². The van der Waals surface area contributed by atoms with Crippen LogP contribution < -0.4 is 5.32 Å². The Morgan fingerprint density at radius 3 is 2.47 bits per heavy atom. The zero-order valence-corrected chi connectivity index (χ0v) is 18.1. The van der Waals surface area contributed by atoms with Gasteiger partial charge in [0.05, 0.1) is 17.7 Å². The summed E-state index contributed by atoms with van der Waals surface area (Å²) < 4.78 is 3.74. The van der Waals surface area contributed by atoms with Crippen LogP contribution in [0.5, 0.6) is 0 Å². The van der Waals surface area contributed by atoms with E-state index >= 15 is 0 Å². The third kappa shape index (κ3) is 3.88. The van der Waals surface area contributed by atoms with E-state index < -0.39 is 6.10 Å². The van der Waals surface area contributed by atoms with Crippen LogP contribution in [0.25, 0.3) is 0 Å². The minimum atomic E-state index is -0.608. The maximum absolute atomic E-state index is 12.8. The lowest BCUT2D eigenvalue weighted by molar-refractivity contribution is 0.0461. The summed E-state index contributed by atoms with van der Waals surface area (Å²) in [5, 5.41) is 13.7. The fourth-order valence-electron chi connectivity index (χ4n) is 4.66. The molecule has 1 saturated heterocycles. The Hall–Kier alpha value is -2.61. The number of rotatable bonds is 3. The highest BCUT2D eigenvalue weighted by molar-refractivity contribution is 5.94. The van der Waals surface area contributed by atoms with Crippen molar-refractivity contribution in [1.82, 2.24) is 24.3 Å². The second-order valence-electron chi connectivity index (χ2n) is 9.69. The molecular formula is C22H31N5O3. The normalized spacial score (nSPS) is 26.5. The van der Waals surface area contributed by atoms with Crippen LogP contribution in [0.2, 0.25) is 0 Å². The molecule has 1 saturated carbocycles. The Labute approximate surface area is 176 Å². The predicted octanol–water partition coefficient (Wildman–Crippen LogP) is 1.62. The third-order valence-corrected chi connectivity index (χ3v) is 6.49. The number of amides is 2. The van der Waals surface area contributed by atoms with Gasteiger partial charge < -0.3 is 24.5 Å². The molecule has 2 fully saturated rings. The fraction of sp³-hybridized carbons (Fsp3) is 0.591. The quantitative estimate of drug-likeness (QED) is 0.800. The van der Waals surface area contributed by atoms with Gasteiger partial charge >= 0.3 is 0 Å². The minimum Gasteiger partial charge on any atom is -0.391 e. The fourth-order valence-corrected chi connectivity index (χ4v) is 4.66. The summed E-state index contributed by atoms with van der Waals surface area (Å²) in [5.41, 5.74) is 0.501. The molecule has 2 aromatic heterocycles. The first kappa shape index (κ1) is 20.7. The first-order chi connectivity index (χ1) is 14.1.